The van der Waals surface area contributed by atoms with E-state index in [9.17, 15) is 4.79 Å². The third kappa shape index (κ3) is 3.48. The third-order valence-corrected chi connectivity index (χ3v) is 3.26. The minimum Gasteiger partial charge on any atom is -0.349 e. The van der Waals surface area contributed by atoms with Crippen molar-refractivity contribution in [3.8, 4) is 0 Å². The van der Waals surface area contributed by atoms with Gasteiger partial charge in [-0.1, -0.05) is 36.0 Å². The maximum Gasteiger partial charge on any atom is 0.256 e. The first-order chi connectivity index (χ1) is 6.41. The third-order valence-electron chi connectivity index (χ3n) is 2.40. The van der Waals surface area contributed by atoms with Crippen LogP contribution in [-0.4, -0.2) is 21.7 Å². The molecule has 1 amide bonds. The van der Waals surface area contributed by atoms with Gasteiger partial charge in [0.05, 0.1) is 5.38 Å². The van der Waals surface area contributed by atoms with Gasteiger partial charge in [0.2, 0.25) is 0 Å². The number of carbonyl (C=O) groups excluding carboxylic acids is 1. The molecular formula is C9H14Cl3NO. The summed E-state index contributed by atoms with van der Waals surface area (Å²) in [7, 11) is 0. The van der Waals surface area contributed by atoms with Crippen molar-refractivity contribution in [2.45, 2.75) is 48.4 Å². The Bertz CT molecular complexity index is 215. The zero-order valence-corrected chi connectivity index (χ0v) is 10.3. The van der Waals surface area contributed by atoms with Crippen molar-refractivity contribution in [2.24, 2.45) is 0 Å². The molecule has 1 N–H and O–H groups in total. The predicted octanol–water partition coefficient (Wildman–Crippen LogP) is 2.85. The maximum atomic E-state index is 11.4. The largest absolute Gasteiger partial charge is 0.349 e. The van der Waals surface area contributed by atoms with Gasteiger partial charge in [0.1, 0.15) is 0 Å². The van der Waals surface area contributed by atoms with Crippen LogP contribution in [0.15, 0.2) is 0 Å². The van der Waals surface area contributed by atoms with Gasteiger partial charge in [-0.05, 0) is 19.8 Å². The molecule has 0 aromatic rings. The monoisotopic (exact) mass is 257 g/mol. The minimum atomic E-state index is -1.37. The van der Waals surface area contributed by atoms with Crippen LogP contribution in [0.1, 0.15) is 32.6 Å². The molecule has 0 heterocycles. The van der Waals surface area contributed by atoms with Crippen LogP contribution in [0.3, 0.4) is 0 Å². The van der Waals surface area contributed by atoms with Gasteiger partial charge < -0.3 is 5.32 Å². The van der Waals surface area contributed by atoms with Crippen LogP contribution in [0.4, 0.5) is 0 Å². The Balaban J connectivity index is 2.46. The molecule has 1 saturated carbocycles. The van der Waals surface area contributed by atoms with Gasteiger partial charge in [-0.2, -0.15) is 0 Å². The molecule has 0 spiro atoms. The van der Waals surface area contributed by atoms with Gasteiger partial charge in [-0.3, -0.25) is 4.79 Å². The molecule has 1 fully saturated rings. The topological polar surface area (TPSA) is 29.1 Å². The lowest BCUT2D eigenvalue weighted by Gasteiger charge is -2.29. The summed E-state index contributed by atoms with van der Waals surface area (Å²) in [5.74, 6) is -0.363. The van der Waals surface area contributed by atoms with E-state index in [0.717, 1.165) is 25.7 Å². The number of rotatable bonds is 2. The molecule has 0 saturated heterocycles. The van der Waals surface area contributed by atoms with E-state index in [2.05, 4.69) is 5.32 Å². The summed E-state index contributed by atoms with van der Waals surface area (Å²) in [4.78, 5) is 11.4. The van der Waals surface area contributed by atoms with Gasteiger partial charge in [0.25, 0.3) is 5.91 Å². The fraction of sp³-hybridized carbons (Fsp3) is 0.889. The molecule has 2 atom stereocenters. The average Bonchev–Trinajstić information content (AvgIpc) is 2.07. The van der Waals surface area contributed by atoms with E-state index in [-0.39, 0.29) is 17.3 Å². The first kappa shape index (κ1) is 12.4. The second kappa shape index (κ2) is 4.91. The Kier molecular flexibility index (Phi) is 4.35. The summed E-state index contributed by atoms with van der Waals surface area (Å²) in [5, 5.41) is 2.78. The minimum absolute atomic E-state index is 0.00313. The van der Waals surface area contributed by atoms with Crippen LogP contribution in [0, 0.1) is 0 Å². The normalized spacial score (nSPS) is 28.6. The average molecular weight is 259 g/mol. The molecule has 2 nitrogen and oxygen atoms in total. The molecule has 1 rings (SSSR count). The van der Waals surface area contributed by atoms with Crippen molar-refractivity contribution in [2.75, 3.05) is 0 Å². The van der Waals surface area contributed by atoms with Crippen molar-refractivity contribution in [1.29, 1.82) is 0 Å². The van der Waals surface area contributed by atoms with E-state index >= 15 is 0 Å². The Morgan fingerprint density at radius 1 is 1.36 bits per heavy atom. The first-order valence-electron chi connectivity index (χ1n) is 4.74. The summed E-state index contributed by atoms with van der Waals surface area (Å²) in [5.41, 5.74) is 0. The number of nitrogens with one attached hydrogen (secondary N) is 1. The van der Waals surface area contributed by atoms with Crippen LogP contribution in [0.2, 0.25) is 0 Å². The zero-order chi connectivity index (χ0) is 10.8. The van der Waals surface area contributed by atoms with E-state index in [1.54, 1.807) is 0 Å². The molecule has 5 heteroatoms. The number of hydrogen-bond acceptors (Lipinski definition) is 1. The maximum absolute atomic E-state index is 11.4. The number of alkyl halides is 3. The van der Waals surface area contributed by atoms with Crippen LogP contribution in [-0.2, 0) is 4.79 Å². The van der Waals surface area contributed by atoms with Gasteiger partial charge in [-0.25, -0.2) is 0 Å². The highest BCUT2D eigenvalue weighted by atomic mass is 35.5. The summed E-state index contributed by atoms with van der Waals surface area (Å²) in [6.45, 7) is 1.46. The van der Waals surface area contributed by atoms with Crippen molar-refractivity contribution in [3.05, 3.63) is 0 Å². The Hall–Kier alpha value is 0.340. The lowest BCUT2D eigenvalue weighted by molar-refractivity contribution is -0.122. The number of amides is 1. The zero-order valence-electron chi connectivity index (χ0n) is 8.03. The number of halogens is 3. The molecule has 1 aliphatic carbocycles. The fourth-order valence-corrected chi connectivity index (χ4v) is 2.00. The van der Waals surface area contributed by atoms with E-state index in [1.807, 2.05) is 0 Å². The quantitative estimate of drug-likeness (QED) is 0.758. The van der Waals surface area contributed by atoms with Crippen molar-refractivity contribution < 1.29 is 4.79 Å². The van der Waals surface area contributed by atoms with Crippen LogP contribution >= 0.6 is 34.8 Å². The second-order valence-electron chi connectivity index (χ2n) is 3.77. The van der Waals surface area contributed by atoms with Crippen LogP contribution < -0.4 is 5.32 Å². The molecule has 1 unspecified atom stereocenters. The van der Waals surface area contributed by atoms with Crippen molar-refractivity contribution in [3.63, 3.8) is 0 Å². The Morgan fingerprint density at radius 2 is 1.93 bits per heavy atom. The van der Waals surface area contributed by atoms with Gasteiger partial charge >= 0.3 is 0 Å². The fourth-order valence-electron chi connectivity index (χ4n) is 1.54. The smallest absolute Gasteiger partial charge is 0.256 e. The standard InChI is InChI=1S/C9H14Cl3NO/c1-9(11,12)8(14)13-7-5-3-2-4-6(7)10/h6-7H,2-5H2,1H3,(H,13,14)/t6-,7?/m0/s1. The van der Waals surface area contributed by atoms with E-state index in [1.165, 1.54) is 6.92 Å². The van der Waals surface area contributed by atoms with Crippen molar-refractivity contribution >= 4 is 40.7 Å². The summed E-state index contributed by atoms with van der Waals surface area (Å²) < 4.78 is -1.37. The van der Waals surface area contributed by atoms with Gasteiger partial charge in [-0.15, -0.1) is 11.6 Å². The molecule has 0 aromatic carbocycles. The Morgan fingerprint density at radius 3 is 2.43 bits per heavy atom. The first-order valence-corrected chi connectivity index (χ1v) is 5.93. The lowest BCUT2D eigenvalue weighted by atomic mass is 9.95. The highest BCUT2D eigenvalue weighted by Gasteiger charge is 2.32. The molecule has 82 valence electrons. The van der Waals surface area contributed by atoms with E-state index < -0.39 is 4.33 Å². The number of carbonyl (C=O) groups is 1. The van der Waals surface area contributed by atoms with E-state index in [0.29, 0.717) is 0 Å². The highest BCUT2D eigenvalue weighted by molar-refractivity contribution is 6.57. The van der Waals surface area contributed by atoms with Crippen LogP contribution in [0.5, 0.6) is 0 Å². The molecule has 0 aromatic heterocycles. The van der Waals surface area contributed by atoms with Crippen LogP contribution in [0.25, 0.3) is 0 Å². The molecule has 0 radical (unpaired) electrons. The summed E-state index contributed by atoms with van der Waals surface area (Å²) in [6.07, 6.45) is 4.06. The number of hydrogen-bond donors (Lipinski definition) is 1. The van der Waals surface area contributed by atoms with Gasteiger partial charge in [0.15, 0.2) is 4.33 Å². The highest BCUT2D eigenvalue weighted by Crippen LogP contribution is 2.25. The predicted molar refractivity (Wildman–Crippen MR) is 60.2 cm³/mol. The SMILES string of the molecule is CC(Cl)(Cl)C(=O)NC1CCCC[C@@H]1Cl. The molecule has 14 heavy (non-hydrogen) atoms. The molecule has 0 aliphatic heterocycles. The van der Waals surface area contributed by atoms with Crippen molar-refractivity contribution in [1.82, 2.24) is 5.32 Å². The van der Waals surface area contributed by atoms with E-state index in [4.69, 9.17) is 34.8 Å². The van der Waals surface area contributed by atoms with Gasteiger partial charge in [0, 0.05) is 6.04 Å². The summed E-state index contributed by atoms with van der Waals surface area (Å²) in [6, 6.07) is 0.00902. The Labute approximate surface area is 99.3 Å². The lowest BCUT2D eigenvalue weighted by Crippen LogP contribution is -2.47. The second-order valence-corrected chi connectivity index (χ2v) is 6.03. The summed E-state index contributed by atoms with van der Waals surface area (Å²) >= 11 is 17.4. The molecule has 0 bridgehead atoms. The molecular weight excluding hydrogens is 244 g/mol. The molecule has 1 aliphatic rings.